The fourth-order valence-corrected chi connectivity index (χ4v) is 5.55. The third-order valence-electron chi connectivity index (χ3n) is 5.64. The molecular weight excluding hydrogens is 655 g/mol. The molecule has 0 spiro atoms. The van der Waals surface area contributed by atoms with Crippen LogP contribution in [0, 0.1) is 5.82 Å². The topological polar surface area (TPSA) is 193 Å². The molecule has 1 aliphatic heterocycles. The second kappa shape index (κ2) is 13.0. The molecule has 1 aliphatic rings. The minimum Gasteiger partial charge on any atom is -0.463 e. The summed E-state index contributed by atoms with van der Waals surface area (Å²) < 4.78 is 68.4. The summed E-state index contributed by atoms with van der Waals surface area (Å²) in [6, 6.07) is 4.88. The van der Waals surface area contributed by atoms with Gasteiger partial charge in [0.2, 0.25) is 5.82 Å². The normalized spacial score (nSPS) is 22.1. The van der Waals surface area contributed by atoms with Crippen LogP contribution in [0.5, 0.6) is 0 Å². The molecular formula is C24H24BrFN2O13S. The first-order valence-corrected chi connectivity index (χ1v) is 14.1. The van der Waals surface area contributed by atoms with Crippen LogP contribution in [0.2, 0.25) is 0 Å². The SMILES string of the molecule is CC(=O)OC[C@H]1O[C@@H](n2c(=O)c(F)cn(S(=O)(=O)c3ccc(Br)cc3)c2=O)[C@H](OC(C)=O)[C@@H](OC(C)=O)[C@@H]1OC(C)=O. The summed E-state index contributed by atoms with van der Waals surface area (Å²) >= 11 is 3.14. The van der Waals surface area contributed by atoms with E-state index in [0.29, 0.717) is 4.47 Å². The third-order valence-corrected chi connectivity index (χ3v) is 7.82. The number of esters is 4. The zero-order valence-electron chi connectivity index (χ0n) is 22.3. The highest BCUT2D eigenvalue weighted by molar-refractivity contribution is 9.10. The number of benzene rings is 1. The fourth-order valence-electron chi connectivity index (χ4n) is 4.05. The maximum absolute atomic E-state index is 15.0. The third kappa shape index (κ3) is 7.11. The average molecular weight is 679 g/mol. The van der Waals surface area contributed by atoms with E-state index in [9.17, 15) is 37.2 Å². The maximum atomic E-state index is 15.0. The van der Waals surface area contributed by atoms with Gasteiger partial charge in [-0.15, -0.1) is 0 Å². The summed E-state index contributed by atoms with van der Waals surface area (Å²) in [4.78, 5) is 73.7. The van der Waals surface area contributed by atoms with Gasteiger partial charge in [-0.05, 0) is 24.3 Å². The predicted octanol–water partition coefficient (Wildman–Crippen LogP) is 0.404. The van der Waals surface area contributed by atoms with E-state index in [2.05, 4.69) is 15.9 Å². The molecule has 0 bridgehead atoms. The Labute approximate surface area is 245 Å². The average Bonchev–Trinajstić information content (AvgIpc) is 2.87. The van der Waals surface area contributed by atoms with Crippen LogP contribution < -0.4 is 11.2 Å². The van der Waals surface area contributed by atoms with Crippen LogP contribution in [0.15, 0.2) is 49.4 Å². The Morgan fingerprint density at radius 2 is 1.40 bits per heavy atom. The van der Waals surface area contributed by atoms with Crippen LogP contribution in [0.1, 0.15) is 33.9 Å². The first-order valence-electron chi connectivity index (χ1n) is 11.9. The Bertz CT molecular complexity index is 1620. The van der Waals surface area contributed by atoms with Gasteiger partial charge in [-0.2, -0.15) is 8.36 Å². The Hall–Kier alpha value is -3.90. The van der Waals surface area contributed by atoms with E-state index in [1.165, 1.54) is 12.1 Å². The van der Waals surface area contributed by atoms with Gasteiger partial charge in [0.05, 0.1) is 11.1 Å². The molecule has 0 N–H and O–H groups in total. The van der Waals surface area contributed by atoms with Gasteiger partial charge in [0.15, 0.2) is 24.5 Å². The molecule has 3 rings (SSSR count). The van der Waals surface area contributed by atoms with E-state index in [1.54, 1.807) is 0 Å². The molecule has 18 heteroatoms. The number of hydrogen-bond acceptors (Lipinski definition) is 13. The van der Waals surface area contributed by atoms with E-state index < -0.39 is 93.1 Å². The number of aromatic nitrogens is 2. The molecule has 1 saturated heterocycles. The molecule has 0 amide bonds. The molecule has 5 atom stereocenters. The van der Waals surface area contributed by atoms with Crippen LogP contribution in [0.3, 0.4) is 0 Å². The van der Waals surface area contributed by atoms with Crippen molar-refractivity contribution >= 4 is 49.8 Å². The molecule has 0 radical (unpaired) electrons. The highest BCUT2D eigenvalue weighted by Gasteiger charge is 2.54. The number of carbonyl (C=O) groups excluding carboxylic acids is 4. The first kappa shape index (κ1) is 32.6. The van der Waals surface area contributed by atoms with Crippen molar-refractivity contribution in [2.24, 2.45) is 0 Å². The van der Waals surface area contributed by atoms with Crippen molar-refractivity contribution in [3.05, 3.63) is 61.6 Å². The van der Waals surface area contributed by atoms with Crippen molar-refractivity contribution in [1.29, 1.82) is 0 Å². The summed E-state index contributed by atoms with van der Waals surface area (Å²) in [5.74, 6) is -5.60. The summed E-state index contributed by atoms with van der Waals surface area (Å²) in [6.07, 6.45) is -9.09. The standard InChI is InChI=1S/C24H24BrFN2O13S/c1-11(29)37-10-18-19(38-12(2)30)20(39-13(3)31)21(40-14(4)32)23(41-18)28-22(33)17(26)9-27(24(28)34)42(35,36)16-7-5-15(25)6-8-16/h5-9,18-21,23H,10H2,1-4H3/t18-,19-,20+,21-,23-/m1/s1. The number of rotatable bonds is 8. The second-order valence-corrected chi connectivity index (χ2v) is 11.5. The van der Waals surface area contributed by atoms with Gasteiger partial charge in [0.1, 0.15) is 12.7 Å². The van der Waals surface area contributed by atoms with Crippen LogP contribution in [-0.4, -0.2) is 71.9 Å². The smallest absolute Gasteiger partial charge is 0.347 e. The lowest BCUT2D eigenvalue weighted by Crippen LogP contribution is -2.63. The molecule has 0 saturated carbocycles. The van der Waals surface area contributed by atoms with Crippen molar-refractivity contribution in [3.63, 3.8) is 0 Å². The zero-order valence-corrected chi connectivity index (χ0v) is 24.7. The Balaban J connectivity index is 2.31. The number of ether oxygens (including phenoxy) is 5. The van der Waals surface area contributed by atoms with E-state index in [4.69, 9.17) is 23.7 Å². The molecule has 228 valence electrons. The molecule has 1 aromatic carbocycles. The van der Waals surface area contributed by atoms with Crippen molar-refractivity contribution in [1.82, 2.24) is 8.54 Å². The van der Waals surface area contributed by atoms with E-state index in [0.717, 1.165) is 39.8 Å². The van der Waals surface area contributed by atoms with E-state index in [-0.39, 0.29) is 14.7 Å². The summed E-state index contributed by atoms with van der Waals surface area (Å²) in [6.45, 7) is 3.12. The molecule has 1 fully saturated rings. The second-order valence-electron chi connectivity index (χ2n) is 8.78. The number of nitrogens with zero attached hydrogens (tertiary/aromatic N) is 2. The molecule has 2 aromatic rings. The molecule has 0 unspecified atom stereocenters. The van der Waals surface area contributed by atoms with Gasteiger partial charge in [0, 0.05) is 32.2 Å². The highest BCUT2D eigenvalue weighted by atomic mass is 79.9. The van der Waals surface area contributed by atoms with Gasteiger partial charge in [-0.1, -0.05) is 15.9 Å². The van der Waals surface area contributed by atoms with Gasteiger partial charge in [-0.3, -0.25) is 24.0 Å². The number of halogens is 2. The van der Waals surface area contributed by atoms with Gasteiger partial charge in [-0.25, -0.2) is 17.8 Å². The Morgan fingerprint density at radius 3 is 1.93 bits per heavy atom. The largest absolute Gasteiger partial charge is 0.463 e. The van der Waals surface area contributed by atoms with Crippen molar-refractivity contribution < 1.29 is 55.7 Å². The lowest BCUT2D eigenvalue weighted by atomic mass is 9.97. The number of carbonyl (C=O) groups is 4. The van der Waals surface area contributed by atoms with Crippen molar-refractivity contribution in [3.8, 4) is 0 Å². The minimum atomic E-state index is -4.83. The Morgan fingerprint density at radius 1 is 0.881 bits per heavy atom. The first-order chi connectivity index (χ1) is 19.5. The number of hydrogen-bond donors (Lipinski definition) is 0. The van der Waals surface area contributed by atoms with E-state index >= 15 is 4.39 Å². The molecule has 42 heavy (non-hydrogen) atoms. The van der Waals surface area contributed by atoms with Gasteiger partial charge >= 0.3 is 29.6 Å². The van der Waals surface area contributed by atoms with Crippen LogP contribution in [0.25, 0.3) is 0 Å². The zero-order chi connectivity index (χ0) is 31.5. The monoisotopic (exact) mass is 678 g/mol. The van der Waals surface area contributed by atoms with Gasteiger partial charge in [0.25, 0.3) is 15.6 Å². The lowest BCUT2D eigenvalue weighted by Gasteiger charge is -2.44. The van der Waals surface area contributed by atoms with Crippen LogP contribution >= 0.6 is 15.9 Å². The highest BCUT2D eigenvalue weighted by Crippen LogP contribution is 2.34. The fraction of sp³-hybridized carbons (Fsp3) is 0.417. The Kier molecular flexibility index (Phi) is 10.1. The quantitative estimate of drug-likeness (QED) is 0.275. The summed E-state index contributed by atoms with van der Waals surface area (Å²) in [7, 11) is -4.83. The minimum absolute atomic E-state index is 0.000592. The van der Waals surface area contributed by atoms with Crippen molar-refractivity contribution in [2.45, 2.75) is 63.2 Å². The summed E-state index contributed by atoms with van der Waals surface area (Å²) in [5.41, 5.74) is -3.37. The summed E-state index contributed by atoms with van der Waals surface area (Å²) in [5, 5.41) is 0. The molecule has 15 nitrogen and oxygen atoms in total. The van der Waals surface area contributed by atoms with Crippen LogP contribution in [0.4, 0.5) is 4.39 Å². The molecule has 0 aliphatic carbocycles. The van der Waals surface area contributed by atoms with Crippen LogP contribution in [-0.2, 0) is 52.9 Å². The maximum Gasteiger partial charge on any atom is 0.347 e. The van der Waals surface area contributed by atoms with Crippen molar-refractivity contribution in [2.75, 3.05) is 6.61 Å². The van der Waals surface area contributed by atoms with E-state index in [1.807, 2.05) is 0 Å². The molecule has 1 aromatic heterocycles. The molecule has 2 heterocycles. The van der Waals surface area contributed by atoms with Gasteiger partial charge < -0.3 is 23.7 Å². The predicted molar refractivity (Wildman–Crippen MR) is 139 cm³/mol. The lowest BCUT2D eigenvalue weighted by molar-refractivity contribution is -0.269.